The van der Waals surface area contributed by atoms with Gasteiger partial charge in [0, 0.05) is 17.8 Å². The Balaban J connectivity index is 2.06. The Morgan fingerprint density at radius 2 is 2.00 bits per heavy atom. The molecule has 0 aliphatic rings. The van der Waals surface area contributed by atoms with Crippen LogP contribution in [0.5, 0.6) is 5.75 Å². The number of nitrogens with one attached hydrogen (secondary N) is 1. The van der Waals surface area contributed by atoms with E-state index in [1.807, 2.05) is 36.1 Å². The number of hydrogen-bond acceptors (Lipinski definition) is 3. The van der Waals surface area contributed by atoms with Crippen molar-refractivity contribution in [1.29, 1.82) is 0 Å². The quantitative estimate of drug-likeness (QED) is 0.787. The first-order valence-corrected chi connectivity index (χ1v) is 8.43. The first kappa shape index (κ1) is 18.9. The first-order chi connectivity index (χ1) is 12.0. The Bertz CT molecular complexity index is 719. The highest BCUT2D eigenvalue weighted by Gasteiger charge is 2.14. The van der Waals surface area contributed by atoms with Crippen LogP contribution >= 0.6 is 0 Å². The zero-order valence-electron chi connectivity index (χ0n) is 15.0. The summed E-state index contributed by atoms with van der Waals surface area (Å²) < 4.78 is 18.9. The topological polar surface area (TPSA) is 41.6 Å². The maximum Gasteiger partial charge on any atom is 0.238 e. The van der Waals surface area contributed by atoms with Crippen molar-refractivity contribution >= 4 is 11.6 Å². The smallest absolute Gasteiger partial charge is 0.238 e. The van der Waals surface area contributed by atoms with Crippen LogP contribution in [-0.4, -0.2) is 31.0 Å². The lowest BCUT2D eigenvalue weighted by Gasteiger charge is -2.22. The van der Waals surface area contributed by atoms with Gasteiger partial charge in [0.1, 0.15) is 11.6 Å². The fourth-order valence-electron chi connectivity index (χ4n) is 2.75. The molecule has 1 amide bonds. The Hall–Kier alpha value is -2.40. The first-order valence-electron chi connectivity index (χ1n) is 8.43. The van der Waals surface area contributed by atoms with Crippen LogP contribution in [0.15, 0.2) is 42.5 Å². The number of ether oxygens (including phenoxy) is 1. The van der Waals surface area contributed by atoms with Crippen LogP contribution in [0.25, 0.3) is 0 Å². The summed E-state index contributed by atoms with van der Waals surface area (Å²) >= 11 is 0. The number of anilines is 1. The lowest BCUT2D eigenvalue weighted by molar-refractivity contribution is -0.117. The minimum atomic E-state index is -0.309. The van der Waals surface area contributed by atoms with E-state index in [-0.39, 0.29) is 18.3 Å². The van der Waals surface area contributed by atoms with Crippen molar-refractivity contribution in [3.8, 4) is 5.75 Å². The third-order valence-corrected chi connectivity index (χ3v) is 3.96. The second-order valence-electron chi connectivity index (χ2n) is 6.03. The number of para-hydroxylation sites is 1. The molecule has 0 aromatic heterocycles. The van der Waals surface area contributed by atoms with Crippen LogP contribution in [0.3, 0.4) is 0 Å². The number of methoxy groups -OCH3 is 1. The molecule has 2 aromatic carbocycles. The SMILES string of the molecule is CCCN(CC(=O)Nc1ccccc1C)Cc1cc(F)ccc1OC. The third kappa shape index (κ3) is 5.57. The predicted octanol–water partition coefficient (Wildman–Crippen LogP) is 3.99. The molecule has 0 spiro atoms. The molecule has 2 rings (SSSR count). The van der Waals surface area contributed by atoms with Gasteiger partial charge in [-0.1, -0.05) is 25.1 Å². The number of halogens is 1. The summed E-state index contributed by atoms with van der Waals surface area (Å²) in [5.74, 6) is 0.233. The molecular weight excluding hydrogens is 319 g/mol. The van der Waals surface area contributed by atoms with Crippen LogP contribution in [0.1, 0.15) is 24.5 Å². The van der Waals surface area contributed by atoms with Gasteiger partial charge in [0.05, 0.1) is 13.7 Å². The van der Waals surface area contributed by atoms with E-state index in [1.54, 1.807) is 13.2 Å². The molecule has 0 radical (unpaired) electrons. The highest BCUT2D eigenvalue weighted by atomic mass is 19.1. The van der Waals surface area contributed by atoms with Gasteiger partial charge in [0.2, 0.25) is 5.91 Å². The maximum atomic E-state index is 13.6. The summed E-state index contributed by atoms with van der Waals surface area (Å²) in [7, 11) is 1.56. The van der Waals surface area contributed by atoms with E-state index in [4.69, 9.17) is 4.74 Å². The number of rotatable bonds is 8. The molecule has 0 saturated heterocycles. The summed E-state index contributed by atoms with van der Waals surface area (Å²) in [4.78, 5) is 14.4. The van der Waals surface area contributed by atoms with Gasteiger partial charge < -0.3 is 10.1 Å². The van der Waals surface area contributed by atoms with Gasteiger partial charge in [-0.05, 0) is 49.7 Å². The van der Waals surface area contributed by atoms with Crippen LogP contribution in [0.2, 0.25) is 0 Å². The average molecular weight is 344 g/mol. The number of aryl methyl sites for hydroxylation is 1. The van der Waals surface area contributed by atoms with Crippen molar-refractivity contribution in [1.82, 2.24) is 4.90 Å². The Labute approximate surface area is 148 Å². The number of hydrogen-bond donors (Lipinski definition) is 1. The van der Waals surface area contributed by atoms with E-state index in [9.17, 15) is 9.18 Å². The fourth-order valence-corrected chi connectivity index (χ4v) is 2.75. The molecule has 0 unspecified atom stereocenters. The third-order valence-electron chi connectivity index (χ3n) is 3.96. The molecule has 0 heterocycles. The monoisotopic (exact) mass is 344 g/mol. The molecule has 0 atom stereocenters. The minimum Gasteiger partial charge on any atom is -0.496 e. The molecule has 0 aliphatic heterocycles. The number of carbonyl (C=O) groups excluding carboxylic acids is 1. The zero-order valence-corrected chi connectivity index (χ0v) is 15.0. The van der Waals surface area contributed by atoms with Crippen molar-refractivity contribution in [2.45, 2.75) is 26.8 Å². The second kappa shape index (κ2) is 9.18. The average Bonchev–Trinajstić information content (AvgIpc) is 2.57. The molecule has 4 nitrogen and oxygen atoms in total. The van der Waals surface area contributed by atoms with E-state index in [0.717, 1.165) is 29.8 Å². The van der Waals surface area contributed by atoms with Crippen molar-refractivity contribution in [3.63, 3.8) is 0 Å². The van der Waals surface area contributed by atoms with Gasteiger partial charge in [-0.2, -0.15) is 0 Å². The van der Waals surface area contributed by atoms with Gasteiger partial charge in [-0.15, -0.1) is 0 Å². The number of carbonyl (C=O) groups is 1. The van der Waals surface area contributed by atoms with E-state index in [0.29, 0.717) is 12.3 Å². The van der Waals surface area contributed by atoms with Gasteiger partial charge in [-0.25, -0.2) is 4.39 Å². The van der Waals surface area contributed by atoms with Gasteiger partial charge in [0.25, 0.3) is 0 Å². The highest BCUT2D eigenvalue weighted by Crippen LogP contribution is 2.21. The number of nitrogens with zero attached hydrogens (tertiary/aromatic N) is 1. The van der Waals surface area contributed by atoms with Gasteiger partial charge >= 0.3 is 0 Å². The Morgan fingerprint density at radius 3 is 2.68 bits per heavy atom. The standard InChI is InChI=1S/C20H25FN2O2/c1-4-11-23(13-16-12-17(21)9-10-19(16)25-3)14-20(24)22-18-8-6-5-7-15(18)2/h5-10,12H,4,11,13-14H2,1-3H3,(H,22,24). The van der Waals surface area contributed by atoms with Crippen molar-refractivity contribution in [2.24, 2.45) is 0 Å². The molecule has 0 bridgehead atoms. The Kier molecular flexibility index (Phi) is 6.95. The van der Waals surface area contributed by atoms with Crippen LogP contribution in [0.4, 0.5) is 10.1 Å². The normalized spacial score (nSPS) is 10.8. The molecule has 134 valence electrons. The summed E-state index contributed by atoms with van der Waals surface area (Å²) in [6.07, 6.45) is 0.898. The molecule has 0 fully saturated rings. The van der Waals surface area contributed by atoms with E-state index in [2.05, 4.69) is 12.2 Å². The molecule has 5 heteroatoms. The van der Waals surface area contributed by atoms with Crippen molar-refractivity contribution in [2.75, 3.05) is 25.5 Å². The Morgan fingerprint density at radius 1 is 1.24 bits per heavy atom. The molecule has 0 aliphatic carbocycles. The largest absolute Gasteiger partial charge is 0.496 e. The second-order valence-corrected chi connectivity index (χ2v) is 6.03. The summed E-state index contributed by atoms with van der Waals surface area (Å²) in [6, 6.07) is 12.1. The van der Waals surface area contributed by atoms with Crippen molar-refractivity contribution in [3.05, 3.63) is 59.4 Å². The van der Waals surface area contributed by atoms with Crippen LogP contribution in [-0.2, 0) is 11.3 Å². The molecule has 1 N–H and O–H groups in total. The number of amides is 1. The van der Waals surface area contributed by atoms with E-state index >= 15 is 0 Å². The molecule has 2 aromatic rings. The lowest BCUT2D eigenvalue weighted by Crippen LogP contribution is -2.33. The van der Waals surface area contributed by atoms with Crippen LogP contribution < -0.4 is 10.1 Å². The molecule has 25 heavy (non-hydrogen) atoms. The van der Waals surface area contributed by atoms with E-state index in [1.165, 1.54) is 12.1 Å². The summed E-state index contributed by atoms with van der Waals surface area (Å²) in [6.45, 7) is 5.44. The fraction of sp³-hybridized carbons (Fsp3) is 0.350. The van der Waals surface area contributed by atoms with Gasteiger partial charge in [-0.3, -0.25) is 9.69 Å². The van der Waals surface area contributed by atoms with Crippen molar-refractivity contribution < 1.29 is 13.9 Å². The highest BCUT2D eigenvalue weighted by molar-refractivity contribution is 5.92. The minimum absolute atomic E-state index is 0.0851. The molecular formula is C20H25FN2O2. The van der Waals surface area contributed by atoms with E-state index < -0.39 is 0 Å². The lowest BCUT2D eigenvalue weighted by atomic mass is 10.1. The summed E-state index contributed by atoms with van der Waals surface area (Å²) in [5, 5.41) is 2.94. The zero-order chi connectivity index (χ0) is 18.2. The summed E-state index contributed by atoms with van der Waals surface area (Å²) in [5.41, 5.74) is 2.57. The predicted molar refractivity (Wildman–Crippen MR) is 98.3 cm³/mol. The van der Waals surface area contributed by atoms with Gasteiger partial charge in [0.15, 0.2) is 0 Å². The number of benzene rings is 2. The molecule has 0 saturated carbocycles. The van der Waals surface area contributed by atoms with Crippen LogP contribution in [0, 0.1) is 12.7 Å². The maximum absolute atomic E-state index is 13.6.